The molecule has 2 aromatic heterocycles. The Morgan fingerprint density at radius 3 is 2.58 bits per heavy atom. The SMILES string of the molecule is Cc1cc(CN2CCN(C(=O)[C@@H](C(C)C)n3cncn3)CC2)no1. The molecule has 3 rings (SSSR count). The number of carbonyl (C=O) groups excluding carboxylic acids is 1. The first-order chi connectivity index (χ1) is 11.5. The molecule has 1 saturated heterocycles. The Hall–Kier alpha value is -2.22. The van der Waals surface area contributed by atoms with E-state index in [1.54, 1.807) is 11.0 Å². The maximum Gasteiger partial charge on any atom is 0.247 e. The average molecular weight is 332 g/mol. The largest absolute Gasteiger partial charge is 0.361 e. The highest BCUT2D eigenvalue weighted by atomic mass is 16.5. The van der Waals surface area contributed by atoms with E-state index in [2.05, 4.69) is 20.1 Å². The van der Waals surface area contributed by atoms with Crippen LogP contribution in [0.25, 0.3) is 0 Å². The highest BCUT2D eigenvalue weighted by Gasteiger charge is 2.31. The van der Waals surface area contributed by atoms with Crippen molar-refractivity contribution < 1.29 is 9.32 Å². The predicted octanol–water partition coefficient (Wildman–Crippen LogP) is 1.12. The first kappa shape index (κ1) is 16.6. The predicted molar refractivity (Wildman–Crippen MR) is 87.0 cm³/mol. The van der Waals surface area contributed by atoms with Gasteiger partial charge in [-0.1, -0.05) is 19.0 Å². The standard InChI is InChI=1S/C16H24N6O2/c1-12(2)15(22-11-17-10-18-22)16(23)21-6-4-20(5-7-21)9-14-8-13(3)24-19-14/h8,10-12,15H,4-7,9H2,1-3H3/t15-/m1/s1. The summed E-state index contributed by atoms with van der Waals surface area (Å²) in [7, 11) is 0. The van der Waals surface area contributed by atoms with E-state index in [9.17, 15) is 4.79 Å². The summed E-state index contributed by atoms with van der Waals surface area (Å²) in [5, 5.41) is 8.19. The summed E-state index contributed by atoms with van der Waals surface area (Å²) in [5.74, 6) is 1.11. The fraction of sp³-hybridized carbons (Fsp3) is 0.625. The summed E-state index contributed by atoms with van der Waals surface area (Å²) in [4.78, 5) is 21.1. The van der Waals surface area contributed by atoms with E-state index >= 15 is 0 Å². The van der Waals surface area contributed by atoms with E-state index in [4.69, 9.17) is 4.52 Å². The first-order valence-electron chi connectivity index (χ1n) is 8.32. The number of hydrogen-bond acceptors (Lipinski definition) is 6. The lowest BCUT2D eigenvalue weighted by atomic mass is 10.0. The average Bonchev–Trinajstić information content (AvgIpc) is 3.20. The van der Waals surface area contributed by atoms with Crippen LogP contribution in [0, 0.1) is 12.8 Å². The molecule has 1 aliphatic heterocycles. The van der Waals surface area contributed by atoms with Crippen molar-refractivity contribution in [3.05, 3.63) is 30.2 Å². The molecule has 1 amide bonds. The van der Waals surface area contributed by atoms with Gasteiger partial charge >= 0.3 is 0 Å². The van der Waals surface area contributed by atoms with E-state index < -0.39 is 0 Å². The van der Waals surface area contributed by atoms with Crippen molar-refractivity contribution in [3.8, 4) is 0 Å². The van der Waals surface area contributed by atoms with Crippen LogP contribution in [-0.2, 0) is 11.3 Å². The maximum absolute atomic E-state index is 12.9. The third kappa shape index (κ3) is 3.64. The van der Waals surface area contributed by atoms with Gasteiger partial charge in [-0.25, -0.2) is 9.67 Å². The summed E-state index contributed by atoms with van der Waals surface area (Å²) >= 11 is 0. The van der Waals surface area contributed by atoms with Crippen molar-refractivity contribution >= 4 is 5.91 Å². The molecular weight excluding hydrogens is 308 g/mol. The van der Waals surface area contributed by atoms with Gasteiger partial charge in [-0.2, -0.15) is 5.10 Å². The highest BCUT2D eigenvalue weighted by Crippen LogP contribution is 2.20. The van der Waals surface area contributed by atoms with E-state index in [0.717, 1.165) is 31.1 Å². The number of rotatable bonds is 5. The first-order valence-corrected chi connectivity index (χ1v) is 8.32. The number of amides is 1. The maximum atomic E-state index is 12.9. The van der Waals surface area contributed by atoms with Gasteiger partial charge in [-0.15, -0.1) is 0 Å². The Morgan fingerprint density at radius 1 is 1.29 bits per heavy atom. The van der Waals surface area contributed by atoms with E-state index in [-0.39, 0.29) is 17.9 Å². The number of piperazine rings is 1. The number of carbonyl (C=O) groups is 1. The normalized spacial score (nSPS) is 17.4. The third-order valence-corrected chi connectivity index (χ3v) is 4.35. The molecule has 2 aromatic rings. The molecule has 24 heavy (non-hydrogen) atoms. The molecular formula is C16H24N6O2. The van der Waals surface area contributed by atoms with Crippen molar-refractivity contribution in [1.29, 1.82) is 0 Å². The van der Waals surface area contributed by atoms with Crippen LogP contribution in [0.15, 0.2) is 23.2 Å². The second kappa shape index (κ2) is 7.12. The van der Waals surface area contributed by atoms with Gasteiger partial charge in [-0.3, -0.25) is 9.69 Å². The minimum absolute atomic E-state index is 0.118. The fourth-order valence-electron chi connectivity index (χ4n) is 3.10. The monoisotopic (exact) mass is 332 g/mol. The minimum atomic E-state index is -0.294. The molecule has 130 valence electrons. The molecule has 0 radical (unpaired) electrons. The molecule has 0 unspecified atom stereocenters. The van der Waals surface area contributed by atoms with Crippen molar-refractivity contribution in [2.24, 2.45) is 5.92 Å². The zero-order valence-electron chi connectivity index (χ0n) is 14.4. The smallest absolute Gasteiger partial charge is 0.247 e. The summed E-state index contributed by atoms with van der Waals surface area (Å²) in [6.07, 6.45) is 3.09. The van der Waals surface area contributed by atoms with Gasteiger partial charge in [0.15, 0.2) is 0 Å². The van der Waals surface area contributed by atoms with Crippen LogP contribution in [0.4, 0.5) is 0 Å². The lowest BCUT2D eigenvalue weighted by molar-refractivity contribution is -0.138. The van der Waals surface area contributed by atoms with Crippen LogP contribution in [0.2, 0.25) is 0 Å². The minimum Gasteiger partial charge on any atom is -0.361 e. The van der Waals surface area contributed by atoms with E-state index in [1.807, 2.05) is 31.7 Å². The number of hydrogen-bond donors (Lipinski definition) is 0. The molecule has 1 fully saturated rings. The molecule has 0 spiro atoms. The van der Waals surface area contributed by atoms with Gasteiger partial charge in [0.1, 0.15) is 24.5 Å². The molecule has 8 nitrogen and oxygen atoms in total. The van der Waals surface area contributed by atoms with Gasteiger partial charge in [0.2, 0.25) is 5.91 Å². The van der Waals surface area contributed by atoms with Crippen molar-refractivity contribution in [1.82, 2.24) is 29.7 Å². The molecule has 0 saturated carbocycles. The molecule has 0 aromatic carbocycles. The van der Waals surface area contributed by atoms with E-state index in [1.165, 1.54) is 6.33 Å². The topological polar surface area (TPSA) is 80.3 Å². The van der Waals surface area contributed by atoms with Crippen LogP contribution in [-0.4, -0.2) is 61.8 Å². The summed E-state index contributed by atoms with van der Waals surface area (Å²) in [6, 6.07) is 1.66. The molecule has 0 bridgehead atoms. The van der Waals surface area contributed by atoms with Crippen LogP contribution >= 0.6 is 0 Å². The number of aryl methyl sites for hydroxylation is 1. The van der Waals surface area contributed by atoms with Crippen LogP contribution in [0.3, 0.4) is 0 Å². The quantitative estimate of drug-likeness (QED) is 0.816. The number of nitrogens with zero attached hydrogens (tertiary/aromatic N) is 6. The second-order valence-electron chi connectivity index (χ2n) is 6.59. The van der Waals surface area contributed by atoms with Gasteiger partial charge < -0.3 is 9.42 Å². The molecule has 0 N–H and O–H groups in total. The Morgan fingerprint density at radius 2 is 2.04 bits per heavy atom. The Balaban J connectivity index is 1.58. The lowest BCUT2D eigenvalue weighted by Crippen LogP contribution is -2.51. The summed E-state index contributed by atoms with van der Waals surface area (Å²) in [6.45, 7) is 9.82. The number of aromatic nitrogens is 4. The van der Waals surface area contributed by atoms with Crippen LogP contribution in [0.1, 0.15) is 31.3 Å². The summed E-state index contributed by atoms with van der Waals surface area (Å²) in [5.41, 5.74) is 0.940. The Kier molecular flexibility index (Phi) is 4.94. The molecule has 1 atom stereocenters. The second-order valence-corrected chi connectivity index (χ2v) is 6.59. The van der Waals surface area contributed by atoms with Gasteiger partial charge in [0, 0.05) is 38.8 Å². The van der Waals surface area contributed by atoms with Crippen molar-refractivity contribution in [2.45, 2.75) is 33.4 Å². The highest BCUT2D eigenvalue weighted by molar-refractivity contribution is 5.80. The van der Waals surface area contributed by atoms with Gasteiger partial charge in [0.25, 0.3) is 0 Å². The summed E-state index contributed by atoms with van der Waals surface area (Å²) < 4.78 is 6.77. The van der Waals surface area contributed by atoms with Crippen molar-refractivity contribution in [3.63, 3.8) is 0 Å². The molecule has 3 heterocycles. The Bertz CT molecular complexity index is 658. The van der Waals surface area contributed by atoms with Crippen molar-refractivity contribution in [2.75, 3.05) is 26.2 Å². The lowest BCUT2D eigenvalue weighted by Gasteiger charge is -2.36. The fourth-order valence-corrected chi connectivity index (χ4v) is 3.10. The van der Waals surface area contributed by atoms with E-state index in [0.29, 0.717) is 13.1 Å². The van der Waals surface area contributed by atoms with Crippen LogP contribution in [0.5, 0.6) is 0 Å². The zero-order chi connectivity index (χ0) is 17.1. The Labute approximate surface area is 141 Å². The zero-order valence-corrected chi connectivity index (χ0v) is 14.4. The molecule has 8 heteroatoms. The molecule has 1 aliphatic rings. The van der Waals surface area contributed by atoms with Gasteiger partial charge in [0.05, 0.1) is 5.69 Å². The van der Waals surface area contributed by atoms with Gasteiger partial charge in [-0.05, 0) is 12.8 Å². The van der Waals surface area contributed by atoms with Crippen LogP contribution < -0.4 is 0 Å². The molecule has 0 aliphatic carbocycles. The third-order valence-electron chi connectivity index (χ3n) is 4.35.